The monoisotopic (exact) mass is 411 g/mol. The Labute approximate surface area is 173 Å². The number of urea groups is 1. The van der Waals surface area contributed by atoms with Gasteiger partial charge >= 0.3 is 6.03 Å². The number of nitrogens with zero attached hydrogens (tertiary/aromatic N) is 4. The lowest BCUT2D eigenvalue weighted by atomic mass is 10.1. The van der Waals surface area contributed by atoms with Gasteiger partial charge in [0.1, 0.15) is 18.0 Å². The fourth-order valence-electron chi connectivity index (χ4n) is 3.21. The van der Waals surface area contributed by atoms with Crippen LogP contribution in [0.2, 0.25) is 5.02 Å². The molecule has 0 saturated carbocycles. The molecule has 1 aliphatic heterocycles. The number of hydrogen-bond acceptors (Lipinski definition) is 4. The van der Waals surface area contributed by atoms with Crippen molar-refractivity contribution in [3.8, 4) is 11.3 Å². The molecule has 1 saturated heterocycles. The maximum Gasteiger partial charge on any atom is 0.321 e. The van der Waals surface area contributed by atoms with Crippen LogP contribution >= 0.6 is 11.6 Å². The molecule has 4 rings (SSSR count). The van der Waals surface area contributed by atoms with Gasteiger partial charge in [-0.3, -0.25) is 0 Å². The first-order valence-corrected chi connectivity index (χ1v) is 9.61. The molecule has 0 unspecified atom stereocenters. The summed E-state index contributed by atoms with van der Waals surface area (Å²) in [6.07, 6.45) is 1.51. The summed E-state index contributed by atoms with van der Waals surface area (Å²) >= 11 is 5.96. The van der Waals surface area contributed by atoms with Gasteiger partial charge in [0, 0.05) is 48.5 Å². The summed E-state index contributed by atoms with van der Waals surface area (Å²) in [6.45, 7) is 2.45. The number of nitrogens with one attached hydrogen (secondary N) is 1. The molecular formula is C21H19ClFN5O. The maximum atomic E-state index is 13.1. The summed E-state index contributed by atoms with van der Waals surface area (Å²) in [6, 6.07) is 15.0. The van der Waals surface area contributed by atoms with Gasteiger partial charge in [-0.2, -0.15) is 0 Å². The molecule has 0 radical (unpaired) electrons. The van der Waals surface area contributed by atoms with Crippen LogP contribution in [0.1, 0.15) is 0 Å². The number of hydrogen-bond donors (Lipinski definition) is 1. The predicted molar refractivity (Wildman–Crippen MR) is 112 cm³/mol. The van der Waals surface area contributed by atoms with Crippen LogP contribution in [-0.4, -0.2) is 47.1 Å². The number of rotatable bonds is 3. The minimum atomic E-state index is -0.282. The van der Waals surface area contributed by atoms with Crippen molar-refractivity contribution in [2.24, 2.45) is 0 Å². The molecular weight excluding hydrogens is 393 g/mol. The molecule has 148 valence electrons. The predicted octanol–water partition coefficient (Wildman–Crippen LogP) is 4.29. The Kier molecular flexibility index (Phi) is 5.57. The smallest absolute Gasteiger partial charge is 0.321 e. The van der Waals surface area contributed by atoms with E-state index in [1.807, 2.05) is 6.07 Å². The van der Waals surface area contributed by atoms with Crippen molar-refractivity contribution in [1.29, 1.82) is 0 Å². The van der Waals surface area contributed by atoms with E-state index in [0.29, 0.717) is 36.9 Å². The number of carbonyl (C=O) groups excluding carboxylic acids is 1. The highest BCUT2D eigenvalue weighted by atomic mass is 35.5. The molecule has 6 nitrogen and oxygen atoms in total. The van der Waals surface area contributed by atoms with Gasteiger partial charge in [0.05, 0.1) is 5.69 Å². The standard InChI is InChI=1S/C21H19ClFN5O/c22-16-2-1-3-18(12-16)26-21(29)28-10-8-27(9-11-28)20-13-19(24-14-25-20)15-4-6-17(23)7-5-15/h1-7,12-14H,8-11H2,(H,26,29). The summed E-state index contributed by atoms with van der Waals surface area (Å²) in [7, 11) is 0. The van der Waals surface area contributed by atoms with Crippen molar-refractivity contribution in [3.63, 3.8) is 0 Å². The summed E-state index contributed by atoms with van der Waals surface area (Å²) in [5.74, 6) is 0.504. The molecule has 1 aromatic heterocycles. The molecule has 29 heavy (non-hydrogen) atoms. The Balaban J connectivity index is 1.39. The number of halogens is 2. The average Bonchev–Trinajstić information content (AvgIpc) is 2.74. The van der Waals surface area contributed by atoms with Crippen LogP contribution in [0, 0.1) is 5.82 Å². The van der Waals surface area contributed by atoms with E-state index in [2.05, 4.69) is 20.2 Å². The van der Waals surface area contributed by atoms with Gasteiger partial charge in [0.25, 0.3) is 0 Å². The molecule has 2 aromatic carbocycles. The third-order valence-electron chi connectivity index (χ3n) is 4.76. The third kappa shape index (κ3) is 4.63. The van der Waals surface area contributed by atoms with Crippen LogP contribution < -0.4 is 10.2 Å². The van der Waals surface area contributed by atoms with Crippen molar-refractivity contribution >= 4 is 29.1 Å². The fraction of sp³-hybridized carbons (Fsp3) is 0.190. The highest BCUT2D eigenvalue weighted by Crippen LogP contribution is 2.22. The number of anilines is 2. The van der Waals surface area contributed by atoms with Crippen molar-refractivity contribution in [1.82, 2.24) is 14.9 Å². The number of piperazine rings is 1. The van der Waals surface area contributed by atoms with Crippen molar-refractivity contribution < 1.29 is 9.18 Å². The first-order chi connectivity index (χ1) is 14.1. The number of aromatic nitrogens is 2. The van der Waals surface area contributed by atoms with Gasteiger partial charge in [-0.05, 0) is 42.5 Å². The molecule has 0 aliphatic carbocycles. The second kappa shape index (κ2) is 8.45. The van der Waals surface area contributed by atoms with Crippen molar-refractivity contribution in [2.45, 2.75) is 0 Å². The van der Waals surface area contributed by atoms with E-state index in [-0.39, 0.29) is 11.8 Å². The molecule has 1 N–H and O–H groups in total. The van der Waals surface area contributed by atoms with Crippen LogP contribution in [0.3, 0.4) is 0 Å². The highest BCUT2D eigenvalue weighted by Gasteiger charge is 2.22. The minimum absolute atomic E-state index is 0.151. The van der Waals surface area contributed by atoms with Crippen LogP contribution in [0.15, 0.2) is 60.9 Å². The number of benzene rings is 2. The van der Waals surface area contributed by atoms with Crippen LogP contribution in [-0.2, 0) is 0 Å². The topological polar surface area (TPSA) is 61.4 Å². The van der Waals surface area contributed by atoms with Crippen LogP contribution in [0.5, 0.6) is 0 Å². The van der Waals surface area contributed by atoms with Gasteiger partial charge < -0.3 is 15.1 Å². The quantitative estimate of drug-likeness (QED) is 0.698. The maximum absolute atomic E-state index is 13.1. The van der Waals surface area contributed by atoms with E-state index in [9.17, 15) is 9.18 Å². The average molecular weight is 412 g/mol. The molecule has 1 fully saturated rings. The zero-order chi connectivity index (χ0) is 20.2. The van der Waals surface area contributed by atoms with E-state index in [4.69, 9.17) is 11.6 Å². The van der Waals surface area contributed by atoms with Crippen molar-refractivity contribution in [3.05, 3.63) is 71.8 Å². The van der Waals surface area contributed by atoms with E-state index in [1.54, 1.807) is 41.3 Å². The van der Waals surface area contributed by atoms with E-state index >= 15 is 0 Å². The van der Waals surface area contributed by atoms with Crippen LogP contribution in [0.4, 0.5) is 20.7 Å². The Morgan fingerprint density at radius 2 is 1.76 bits per heavy atom. The SMILES string of the molecule is O=C(Nc1cccc(Cl)c1)N1CCN(c2cc(-c3ccc(F)cc3)ncn2)CC1. The molecule has 0 bridgehead atoms. The second-order valence-corrected chi connectivity index (χ2v) is 7.12. The summed E-state index contributed by atoms with van der Waals surface area (Å²) in [5, 5.41) is 3.45. The lowest BCUT2D eigenvalue weighted by molar-refractivity contribution is 0.208. The number of amides is 2. The lowest BCUT2D eigenvalue weighted by Gasteiger charge is -2.35. The third-order valence-corrected chi connectivity index (χ3v) is 4.99. The van der Waals surface area contributed by atoms with E-state index in [1.165, 1.54) is 18.5 Å². The second-order valence-electron chi connectivity index (χ2n) is 6.68. The molecule has 0 atom stereocenters. The largest absolute Gasteiger partial charge is 0.353 e. The van der Waals surface area contributed by atoms with Gasteiger partial charge in [0.2, 0.25) is 0 Å². The molecule has 2 amide bonds. The zero-order valence-electron chi connectivity index (χ0n) is 15.6. The van der Waals surface area contributed by atoms with Gasteiger partial charge in [-0.15, -0.1) is 0 Å². The van der Waals surface area contributed by atoms with Crippen LogP contribution in [0.25, 0.3) is 11.3 Å². The summed E-state index contributed by atoms with van der Waals surface area (Å²) in [5.41, 5.74) is 2.23. The van der Waals surface area contributed by atoms with Gasteiger partial charge in [0.15, 0.2) is 0 Å². The molecule has 8 heteroatoms. The molecule has 3 aromatic rings. The Hall–Kier alpha value is -3.19. The first-order valence-electron chi connectivity index (χ1n) is 9.23. The summed E-state index contributed by atoms with van der Waals surface area (Å²) in [4.78, 5) is 25.0. The molecule has 2 heterocycles. The zero-order valence-corrected chi connectivity index (χ0v) is 16.3. The van der Waals surface area contributed by atoms with Gasteiger partial charge in [-0.1, -0.05) is 17.7 Å². The van der Waals surface area contributed by atoms with Crippen molar-refractivity contribution in [2.75, 3.05) is 36.4 Å². The summed E-state index contributed by atoms with van der Waals surface area (Å²) < 4.78 is 13.1. The fourth-order valence-corrected chi connectivity index (χ4v) is 3.40. The highest BCUT2D eigenvalue weighted by molar-refractivity contribution is 6.30. The normalized spacial score (nSPS) is 14.0. The molecule has 1 aliphatic rings. The number of carbonyl (C=O) groups is 1. The first kappa shape index (κ1) is 19.1. The Bertz CT molecular complexity index is 1010. The lowest BCUT2D eigenvalue weighted by Crippen LogP contribution is -2.50. The minimum Gasteiger partial charge on any atom is -0.353 e. The van der Waals surface area contributed by atoms with E-state index < -0.39 is 0 Å². The van der Waals surface area contributed by atoms with E-state index in [0.717, 1.165) is 17.1 Å². The Morgan fingerprint density at radius 3 is 2.48 bits per heavy atom. The van der Waals surface area contributed by atoms with Gasteiger partial charge in [-0.25, -0.2) is 19.2 Å². The Morgan fingerprint density at radius 1 is 1.00 bits per heavy atom. The molecule has 0 spiro atoms.